The number of halogens is 2. The maximum atomic E-state index is 13.8. The Hall–Kier alpha value is -2.57. The Bertz CT molecular complexity index is 868. The highest BCUT2D eigenvalue weighted by molar-refractivity contribution is 6.30. The van der Waals surface area contributed by atoms with Gasteiger partial charge in [-0.3, -0.25) is 0 Å². The van der Waals surface area contributed by atoms with E-state index >= 15 is 0 Å². The van der Waals surface area contributed by atoms with Gasteiger partial charge >= 0.3 is 0 Å². The SMILES string of the molecule is N#Cc1ccc(Nc2cc(Cl)ccc2F)c2ccccc12. The number of anilines is 2. The normalized spacial score (nSPS) is 10.3. The second-order valence-electron chi connectivity index (χ2n) is 4.57. The van der Waals surface area contributed by atoms with Crippen molar-refractivity contribution in [3.63, 3.8) is 0 Å². The lowest BCUT2D eigenvalue weighted by atomic mass is 10.0. The molecule has 0 aliphatic rings. The Kier molecular flexibility index (Phi) is 3.47. The van der Waals surface area contributed by atoms with E-state index < -0.39 is 0 Å². The topological polar surface area (TPSA) is 35.8 Å². The summed E-state index contributed by atoms with van der Waals surface area (Å²) in [5, 5.41) is 14.3. The van der Waals surface area contributed by atoms with Gasteiger partial charge in [0.05, 0.1) is 17.3 Å². The van der Waals surface area contributed by atoms with E-state index in [-0.39, 0.29) is 5.82 Å². The van der Waals surface area contributed by atoms with Crippen LogP contribution in [0.4, 0.5) is 15.8 Å². The lowest BCUT2D eigenvalue weighted by Gasteiger charge is -2.12. The van der Waals surface area contributed by atoms with Gasteiger partial charge in [-0.05, 0) is 30.3 Å². The average Bonchev–Trinajstić information content (AvgIpc) is 2.51. The number of benzene rings is 3. The van der Waals surface area contributed by atoms with Gasteiger partial charge in [-0.1, -0.05) is 35.9 Å². The number of nitriles is 1. The highest BCUT2D eigenvalue weighted by Gasteiger charge is 2.08. The molecule has 0 aliphatic carbocycles. The summed E-state index contributed by atoms with van der Waals surface area (Å²) < 4.78 is 13.8. The van der Waals surface area contributed by atoms with Gasteiger partial charge in [0.25, 0.3) is 0 Å². The van der Waals surface area contributed by atoms with Gasteiger partial charge < -0.3 is 5.32 Å². The third-order valence-electron chi connectivity index (χ3n) is 3.24. The van der Waals surface area contributed by atoms with Crippen LogP contribution in [0, 0.1) is 17.1 Å². The molecule has 0 radical (unpaired) electrons. The highest BCUT2D eigenvalue weighted by Crippen LogP contribution is 2.30. The molecule has 3 rings (SSSR count). The van der Waals surface area contributed by atoms with E-state index in [1.165, 1.54) is 18.2 Å². The summed E-state index contributed by atoms with van der Waals surface area (Å²) >= 11 is 5.90. The second-order valence-corrected chi connectivity index (χ2v) is 5.00. The van der Waals surface area contributed by atoms with E-state index in [1.54, 1.807) is 12.1 Å². The Morgan fingerprint density at radius 3 is 2.48 bits per heavy atom. The van der Waals surface area contributed by atoms with Gasteiger partial charge in [-0.15, -0.1) is 0 Å². The smallest absolute Gasteiger partial charge is 0.146 e. The minimum Gasteiger partial charge on any atom is -0.353 e. The van der Waals surface area contributed by atoms with Gasteiger partial charge in [0.2, 0.25) is 0 Å². The molecule has 4 heteroatoms. The summed E-state index contributed by atoms with van der Waals surface area (Å²) in [5.74, 6) is -0.382. The fourth-order valence-electron chi connectivity index (χ4n) is 2.24. The zero-order chi connectivity index (χ0) is 14.8. The Labute approximate surface area is 126 Å². The number of hydrogen-bond donors (Lipinski definition) is 1. The molecule has 3 aromatic carbocycles. The number of fused-ring (bicyclic) bond motifs is 1. The summed E-state index contributed by atoms with van der Waals surface area (Å²) in [6.07, 6.45) is 0. The van der Waals surface area contributed by atoms with Crippen molar-refractivity contribution < 1.29 is 4.39 Å². The average molecular weight is 297 g/mol. The summed E-state index contributed by atoms with van der Waals surface area (Å²) in [7, 11) is 0. The van der Waals surface area contributed by atoms with Crippen molar-refractivity contribution in [2.75, 3.05) is 5.32 Å². The van der Waals surface area contributed by atoms with Crippen molar-refractivity contribution in [1.82, 2.24) is 0 Å². The molecule has 0 fully saturated rings. The summed E-state index contributed by atoms with van der Waals surface area (Å²) in [5.41, 5.74) is 1.62. The van der Waals surface area contributed by atoms with E-state index in [2.05, 4.69) is 11.4 Å². The first-order valence-electron chi connectivity index (χ1n) is 6.33. The Balaban J connectivity index is 2.14. The predicted molar refractivity (Wildman–Crippen MR) is 83.4 cm³/mol. The molecule has 0 bridgehead atoms. The lowest BCUT2D eigenvalue weighted by molar-refractivity contribution is 0.632. The molecule has 1 N–H and O–H groups in total. The van der Waals surface area contributed by atoms with Crippen molar-refractivity contribution in [2.24, 2.45) is 0 Å². The molecule has 0 unspecified atom stereocenters. The molecule has 102 valence electrons. The predicted octanol–water partition coefficient (Wildman–Crippen LogP) is 5.25. The molecule has 0 heterocycles. The van der Waals surface area contributed by atoms with Crippen LogP contribution >= 0.6 is 11.6 Å². The molecule has 0 spiro atoms. The zero-order valence-corrected chi connectivity index (χ0v) is 11.7. The molecule has 0 saturated heterocycles. The second kappa shape index (κ2) is 5.43. The van der Waals surface area contributed by atoms with Crippen LogP contribution in [-0.2, 0) is 0 Å². The number of nitrogens with one attached hydrogen (secondary N) is 1. The van der Waals surface area contributed by atoms with Crippen LogP contribution in [0.2, 0.25) is 5.02 Å². The van der Waals surface area contributed by atoms with Crippen LogP contribution in [-0.4, -0.2) is 0 Å². The first-order chi connectivity index (χ1) is 10.2. The first-order valence-corrected chi connectivity index (χ1v) is 6.71. The fraction of sp³-hybridized carbons (Fsp3) is 0. The molecule has 0 aromatic heterocycles. The fourth-order valence-corrected chi connectivity index (χ4v) is 2.42. The van der Waals surface area contributed by atoms with Crippen LogP contribution < -0.4 is 5.32 Å². The summed E-state index contributed by atoms with van der Waals surface area (Å²) in [6, 6.07) is 17.5. The Morgan fingerprint density at radius 2 is 1.71 bits per heavy atom. The van der Waals surface area contributed by atoms with Crippen molar-refractivity contribution in [3.05, 3.63) is 71.0 Å². The van der Waals surface area contributed by atoms with Crippen molar-refractivity contribution in [3.8, 4) is 6.07 Å². The van der Waals surface area contributed by atoms with Gasteiger partial charge in [0.15, 0.2) is 0 Å². The number of hydrogen-bond acceptors (Lipinski definition) is 2. The maximum Gasteiger partial charge on any atom is 0.146 e. The molecule has 21 heavy (non-hydrogen) atoms. The molecule has 3 aromatic rings. The minimum atomic E-state index is -0.382. The Morgan fingerprint density at radius 1 is 0.952 bits per heavy atom. The molecule has 0 aliphatic heterocycles. The van der Waals surface area contributed by atoms with Crippen molar-refractivity contribution in [2.45, 2.75) is 0 Å². The van der Waals surface area contributed by atoms with Gasteiger partial charge in [0, 0.05) is 21.5 Å². The van der Waals surface area contributed by atoms with Crippen LogP contribution in [0.3, 0.4) is 0 Å². The van der Waals surface area contributed by atoms with Crippen LogP contribution in [0.15, 0.2) is 54.6 Å². The van der Waals surface area contributed by atoms with Gasteiger partial charge in [-0.25, -0.2) is 4.39 Å². The van der Waals surface area contributed by atoms with Crippen molar-refractivity contribution >= 4 is 33.7 Å². The maximum absolute atomic E-state index is 13.8. The van der Waals surface area contributed by atoms with Crippen LogP contribution in [0.25, 0.3) is 10.8 Å². The molecule has 0 saturated carbocycles. The quantitative estimate of drug-likeness (QED) is 0.701. The summed E-state index contributed by atoms with van der Waals surface area (Å²) in [6.45, 7) is 0. The van der Waals surface area contributed by atoms with Gasteiger partial charge in [-0.2, -0.15) is 5.26 Å². The van der Waals surface area contributed by atoms with E-state index in [4.69, 9.17) is 16.9 Å². The highest BCUT2D eigenvalue weighted by atomic mass is 35.5. The minimum absolute atomic E-state index is 0.303. The molecular weight excluding hydrogens is 287 g/mol. The monoisotopic (exact) mass is 296 g/mol. The third kappa shape index (κ3) is 2.54. The van der Waals surface area contributed by atoms with Crippen LogP contribution in [0.1, 0.15) is 5.56 Å². The number of rotatable bonds is 2. The third-order valence-corrected chi connectivity index (χ3v) is 3.48. The molecule has 2 nitrogen and oxygen atoms in total. The summed E-state index contributed by atoms with van der Waals surface area (Å²) in [4.78, 5) is 0. The standard InChI is InChI=1S/C17H10ClFN2/c18-12-6-7-15(19)17(9-12)21-16-8-5-11(10-20)13-3-1-2-4-14(13)16/h1-9,21H. The van der Waals surface area contributed by atoms with E-state index in [1.807, 2.05) is 24.3 Å². The molecule has 0 amide bonds. The largest absolute Gasteiger partial charge is 0.353 e. The van der Waals surface area contributed by atoms with Gasteiger partial charge in [0.1, 0.15) is 5.82 Å². The van der Waals surface area contributed by atoms with Crippen molar-refractivity contribution in [1.29, 1.82) is 5.26 Å². The zero-order valence-electron chi connectivity index (χ0n) is 10.9. The van der Waals surface area contributed by atoms with E-state index in [0.717, 1.165) is 16.5 Å². The van der Waals surface area contributed by atoms with E-state index in [0.29, 0.717) is 16.3 Å². The molecule has 0 atom stereocenters. The number of nitrogens with zero attached hydrogens (tertiary/aromatic N) is 1. The first kappa shape index (κ1) is 13.4. The van der Waals surface area contributed by atoms with E-state index in [9.17, 15) is 4.39 Å². The molecular formula is C17H10ClFN2. The van der Waals surface area contributed by atoms with Crippen LogP contribution in [0.5, 0.6) is 0 Å². The lowest BCUT2D eigenvalue weighted by Crippen LogP contribution is -1.95.